The highest BCUT2D eigenvalue weighted by atomic mass is 19.4. The average molecular weight is 216 g/mol. The minimum atomic E-state index is -4.28. The molecule has 0 atom stereocenters. The third kappa shape index (κ3) is 1.86. The number of ether oxygens (including phenoxy) is 1. The summed E-state index contributed by atoms with van der Waals surface area (Å²) in [5, 5.41) is 0. The summed E-state index contributed by atoms with van der Waals surface area (Å²) in [7, 11) is 1.53. The van der Waals surface area contributed by atoms with Crippen molar-refractivity contribution in [2.24, 2.45) is 0 Å². The highest BCUT2D eigenvalue weighted by Crippen LogP contribution is 2.49. The molecule has 0 amide bonds. The third-order valence-corrected chi connectivity index (χ3v) is 2.81. The topological polar surface area (TPSA) is 9.23 Å². The zero-order chi connectivity index (χ0) is 11.1. The molecule has 1 aromatic carbocycles. The molecule has 0 radical (unpaired) electrons. The Bertz CT molecular complexity index is 366. The van der Waals surface area contributed by atoms with Gasteiger partial charge in [0, 0.05) is 7.11 Å². The van der Waals surface area contributed by atoms with Crippen LogP contribution in [-0.2, 0) is 16.5 Å². The predicted octanol–water partition coefficient (Wildman–Crippen LogP) is 3.34. The van der Waals surface area contributed by atoms with Crippen LogP contribution >= 0.6 is 0 Å². The van der Waals surface area contributed by atoms with Gasteiger partial charge in [-0.2, -0.15) is 13.2 Å². The van der Waals surface area contributed by atoms with Crippen molar-refractivity contribution in [2.45, 2.75) is 24.6 Å². The molecular formula is C11H11F3O. The van der Waals surface area contributed by atoms with E-state index in [1.54, 1.807) is 6.07 Å². The first kappa shape index (κ1) is 10.5. The van der Waals surface area contributed by atoms with Crippen LogP contribution in [0.1, 0.15) is 24.0 Å². The molecule has 1 aliphatic rings. The van der Waals surface area contributed by atoms with E-state index in [9.17, 15) is 13.2 Å². The highest BCUT2D eigenvalue weighted by molar-refractivity contribution is 5.33. The van der Waals surface area contributed by atoms with E-state index in [0.717, 1.165) is 18.9 Å². The Hall–Kier alpha value is -1.03. The van der Waals surface area contributed by atoms with Crippen LogP contribution in [-0.4, -0.2) is 7.11 Å². The van der Waals surface area contributed by atoms with Crippen LogP contribution in [0.5, 0.6) is 0 Å². The number of benzene rings is 1. The number of methoxy groups -OCH3 is 1. The van der Waals surface area contributed by atoms with Crippen LogP contribution < -0.4 is 0 Å². The molecule has 0 N–H and O–H groups in total. The van der Waals surface area contributed by atoms with Gasteiger partial charge >= 0.3 is 6.18 Å². The molecule has 82 valence electrons. The van der Waals surface area contributed by atoms with Gasteiger partial charge in [-0.05, 0) is 30.5 Å². The molecule has 0 unspecified atom stereocenters. The largest absolute Gasteiger partial charge is 0.416 e. The van der Waals surface area contributed by atoms with Crippen molar-refractivity contribution in [2.75, 3.05) is 7.11 Å². The minimum absolute atomic E-state index is 0.457. The van der Waals surface area contributed by atoms with Gasteiger partial charge in [-0.25, -0.2) is 0 Å². The van der Waals surface area contributed by atoms with Crippen LogP contribution in [0.15, 0.2) is 24.3 Å². The van der Waals surface area contributed by atoms with Crippen LogP contribution in [0.2, 0.25) is 0 Å². The number of rotatable bonds is 2. The summed E-state index contributed by atoms with van der Waals surface area (Å²) in [4.78, 5) is 0. The Kier molecular flexibility index (Phi) is 2.26. The van der Waals surface area contributed by atoms with Gasteiger partial charge in [0.25, 0.3) is 0 Å². The minimum Gasteiger partial charge on any atom is -0.374 e. The van der Waals surface area contributed by atoms with Gasteiger partial charge in [-0.15, -0.1) is 0 Å². The van der Waals surface area contributed by atoms with E-state index in [1.165, 1.54) is 19.2 Å². The molecule has 4 heteroatoms. The second kappa shape index (κ2) is 3.23. The Morgan fingerprint density at radius 1 is 1.27 bits per heavy atom. The van der Waals surface area contributed by atoms with Gasteiger partial charge in [0.1, 0.15) is 0 Å². The number of hydrogen-bond acceptors (Lipinski definition) is 1. The first-order chi connectivity index (χ1) is 6.98. The summed E-state index contributed by atoms with van der Waals surface area (Å²) in [6.45, 7) is 0. The van der Waals surface area contributed by atoms with Crippen LogP contribution in [0.3, 0.4) is 0 Å². The molecule has 1 aliphatic carbocycles. The van der Waals surface area contributed by atoms with E-state index in [4.69, 9.17) is 4.74 Å². The fourth-order valence-electron chi connectivity index (χ4n) is 1.70. The van der Waals surface area contributed by atoms with Crippen molar-refractivity contribution in [1.82, 2.24) is 0 Å². The van der Waals surface area contributed by atoms with Gasteiger partial charge in [0.05, 0.1) is 11.2 Å². The second-order valence-corrected chi connectivity index (χ2v) is 3.78. The molecule has 2 rings (SSSR count). The molecular weight excluding hydrogens is 205 g/mol. The molecule has 0 bridgehead atoms. The Balaban J connectivity index is 2.35. The average Bonchev–Trinajstić information content (AvgIpc) is 2.97. The smallest absolute Gasteiger partial charge is 0.374 e. The lowest BCUT2D eigenvalue weighted by Gasteiger charge is -2.15. The van der Waals surface area contributed by atoms with E-state index >= 15 is 0 Å². The normalized spacial score (nSPS) is 18.9. The third-order valence-electron chi connectivity index (χ3n) is 2.81. The predicted molar refractivity (Wildman–Crippen MR) is 49.4 cm³/mol. The van der Waals surface area contributed by atoms with Gasteiger partial charge in [-0.3, -0.25) is 0 Å². The van der Waals surface area contributed by atoms with Gasteiger partial charge in [0.15, 0.2) is 0 Å². The number of halogens is 3. The van der Waals surface area contributed by atoms with Crippen LogP contribution in [0.4, 0.5) is 13.2 Å². The summed E-state index contributed by atoms with van der Waals surface area (Å²) in [6.07, 6.45) is -2.69. The first-order valence-electron chi connectivity index (χ1n) is 4.71. The molecule has 0 aliphatic heterocycles. The Morgan fingerprint density at radius 3 is 2.40 bits per heavy atom. The first-order valence-corrected chi connectivity index (χ1v) is 4.71. The van der Waals surface area contributed by atoms with Crippen molar-refractivity contribution in [3.63, 3.8) is 0 Å². The van der Waals surface area contributed by atoms with Crippen molar-refractivity contribution in [1.29, 1.82) is 0 Å². The van der Waals surface area contributed by atoms with E-state index in [-0.39, 0.29) is 0 Å². The summed E-state index contributed by atoms with van der Waals surface area (Å²) < 4.78 is 42.6. The molecule has 1 fully saturated rings. The van der Waals surface area contributed by atoms with Crippen LogP contribution in [0, 0.1) is 0 Å². The molecule has 1 nitrogen and oxygen atoms in total. The maximum absolute atomic E-state index is 12.4. The van der Waals surface area contributed by atoms with E-state index in [1.807, 2.05) is 0 Å². The molecule has 15 heavy (non-hydrogen) atoms. The van der Waals surface area contributed by atoms with Gasteiger partial charge < -0.3 is 4.74 Å². The summed E-state index contributed by atoms with van der Waals surface area (Å²) in [6, 6.07) is 5.37. The second-order valence-electron chi connectivity index (χ2n) is 3.78. The van der Waals surface area contributed by atoms with Crippen LogP contribution in [0.25, 0.3) is 0 Å². The fraction of sp³-hybridized carbons (Fsp3) is 0.455. The van der Waals surface area contributed by atoms with E-state index in [0.29, 0.717) is 5.56 Å². The lowest BCUT2D eigenvalue weighted by Crippen LogP contribution is -2.11. The zero-order valence-electron chi connectivity index (χ0n) is 8.27. The summed E-state index contributed by atoms with van der Waals surface area (Å²) >= 11 is 0. The van der Waals surface area contributed by atoms with Crippen molar-refractivity contribution in [3.8, 4) is 0 Å². The van der Waals surface area contributed by atoms with Crippen molar-refractivity contribution in [3.05, 3.63) is 35.4 Å². The molecule has 1 aromatic rings. The van der Waals surface area contributed by atoms with Gasteiger partial charge in [0.2, 0.25) is 0 Å². The number of hydrogen-bond donors (Lipinski definition) is 0. The summed E-state index contributed by atoms with van der Waals surface area (Å²) in [5.74, 6) is 0. The maximum Gasteiger partial charge on any atom is 0.416 e. The highest BCUT2D eigenvalue weighted by Gasteiger charge is 2.45. The Morgan fingerprint density at radius 2 is 1.93 bits per heavy atom. The lowest BCUT2D eigenvalue weighted by molar-refractivity contribution is -0.137. The standard InChI is InChI=1S/C11H11F3O/c1-15-10(5-6-10)8-3-2-4-9(7-8)11(12,13)14/h2-4,7H,5-6H2,1H3. The molecule has 0 aromatic heterocycles. The quantitative estimate of drug-likeness (QED) is 0.736. The molecule has 0 saturated heterocycles. The van der Waals surface area contributed by atoms with Crippen molar-refractivity contribution < 1.29 is 17.9 Å². The molecule has 0 heterocycles. The number of alkyl halides is 3. The monoisotopic (exact) mass is 216 g/mol. The van der Waals surface area contributed by atoms with E-state index < -0.39 is 17.3 Å². The lowest BCUT2D eigenvalue weighted by atomic mass is 10.0. The fourth-order valence-corrected chi connectivity index (χ4v) is 1.70. The SMILES string of the molecule is COC1(c2cccc(C(F)(F)F)c2)CC1. The zero-order valence-corrected chi connectivity index (χ0v) is 8.27. The molecule has 1 saturated carbocycles. The molecule has 0 spiro atoms. The summed E-state index contributed by atoms with van der Waals surface area (Å²) in [5.41, 5.74) is -0.440. The van der Waals surface area contributed by atoms with Crippen molar-refractivity contribution >= 4 is 0 Å². The van der Waals surface area contributed by atoms with E-state index in [2.05, 4.69) is 0 Å². The Labute approximate surface area is 85.9 Å². The van der Waals surface area contributed by atoms with Gasteiger partial charge in [-0.1, -0.05) is 12.1 Å². The maximum atomic E-state index is 12.4.